The second kappa shape index (κ2) is 6.89. The standard InChI is InChI=1S/C12H14N5O2S2/c13-16-17-15-9-1-3-10(4-2-9)20-11-5-7-12(8-6-11)21(14,18)19/h1-8,16-17H,13H2,(H2,14,18,19)/q-1. The van der Waals surface area contributed by atoms with Crippen molar-refractivity contribution in [2.45, 2.75) is 14.7 Å². The van der Waals surface area contributed by atoms with Gasteiger partial charge in [-0.25, -0.2) is 19.1 Å². The minimum Gasteiger partial charge on any atom is -0.608 e. The molecule has 7 nitrogen and oxygen atoms in total. The molecule has 9 heteroatoms. The Bertz CT molecular complexity index is 687. The van der Waals surface area contributed by atoms with Crippen LogP contribution in [0.2, 0.25) is 0 Å². The van der Waals surface area contributed by atoms with Crippen LogP contribution in [0.25, 0.3) is 5.43 Å². The Morgan fingerprint density at radius 2 is 1.48 bits per heavy atom. The number of rotatable bonds is 6. The molecule has 112 valence electrons. The van der Waals surface area contributed by atoms with Crippen LogP contribution in [-0.4, -0.2) is 8.42 Å². The highest BCUT2D eigenvalue weighted by Gasteiger charge is 2.06. The van der Waals surface area contributed by atoms with Crippen molar-refractivity contribution in [2.24, 2.45) is 11.0 Å². The third-order valence-electron chi connectivity index (χ3n) is 2.47. The van der Waals surface area contributed by atoms with E-state index in [0.29, 0.717) is 0 Å². The SMILES string of the molecule is NNN[N-]c1ccc(Sc2ccc(S(N)(=O)=O)cc2)cc1. The Hall–Kier alpha value is -1.62. The summed E-state index contributed by atoms with van der Waals surface area (Å²) in [6, 6.07) is 13.8. The number of hydrazine groups is 2. The van der Waals surface area contributed by atoms with Gasteiger partial charge in [0.05, 0.1) is 4.90 Å². The molecule has 0 saturated carbocycles. The maximum Gasteiger partial charge on any atom is 0.238 e. The highest BCUT2D eigenvalue weighted by Crippen LogP contribution is 2.30. The number of nitrogens with two attached hydrogens (primary N) is 2. The Morgan fingerprint density at radius 3 is 1.95 bits per heavy atom. The van der Waals surface area contributed by atoms with Crippen molar-refractivity contribution in [3.8, 4) is 0 Å². The predicted molar refractivity (Wildman–Crippen MR) is 81.9 cm³/mol. The van der Waals surface area contributed by atoms with Gasteiger partial charge in [-0.15, -0.1) is 5.69 Å². The Kier molecular flexibility index (Phi) is 5.17. The molecule has 21 heavy (non-hydrogen) atoms. The van der Waals surface area contributed by atoms with E-state index in [1.54, 1.807) is 12.1 Å². The summed E-state index contributed by atoms with van der Waals surface area (Å²) in [4.78, 5) is 2.01. The van der Waals surface area contributed by atoms with E-state index >= 15 is 0 Å². The Morgan fingerprint density at radius 1 is 0.952 bits per heavy atom. The summed E-state index contributed by atoms with van der Waals surface area (Å²) in [6.07, 6.45) is 0. The number of hydrogen-bond donors (Lipinski definition) is 4. The Labute approximate surface area is 127 Å². The molecule has 0 fully saturated rings. The van der Waals surface area contributed by atoms with Crippen LogP contribution in [0.15, 0.2) is 63.2 Å². The molecule has 0 amide bonds. The molecule has 0 bridgehead atoms. The number of nitrogens with zero attached hydrogens (tertiary/aromatic N) is 1. The number of hydrogen-bond acceptors (Lipinski definition) is 6. The van der Waals surface area contributed by atoms with Crippen LogP contribution in [0.3, 0.4) is 0 Å². The third-order valence-corrected chi connectivity index (χ3v) is 4.42. The average molecular weight is 324 g/mol. The summed E-state index contributed by atoms with van der Waals surface area (Å²) in [5.74, 6) is 5.04. The molecular weight excluding hydrogens is 310 g/mol. The number of primary sulfonamides is 1. The van der Waals surface area contributed by atoms with Crippen LogP contribution in [0.5, 0.6) is 0 Å². The van der Waals surface area contributed by atoms with Crippen molar-refractivity contribution >= 4 is 27.5 Å². The fourth-order valence-electron chi connectivity index (χ4n) is 1.52. The van der Waals surface area contributed by atoms with Gasteiger partial charge < -0.3 is 11.0 Å². The van der Waals surface area contributed by atoms with Gasteiger partial charge in [-0.2, -0.15) is 0 Å². The molecule has 0 aromatic heterocycles. The van der Waals surface area contributed by atoms with Gasteiger partial charge in [0, 0.05) is 9.79 Å². The molecule has 0 radical (unpaired) electrons. The first kappa shape index (κ1) is 15.8. The molecule has 0 unspecified atom stereocenters. The number of benzene rings is 2. The lowest BCUT2D eigenvalue weighted by Gasteiger charge is -2.21. The monoisotopic (exact) mass is 324 g/mol. The van der Waals surface area contributed by atoms with E-state index in [1.807, 2.05) is 24.3 Å². The lowest BCUT2D eigenvalue weighted by atomic mass is 10.3. The Balaban J connectivity index is 2.04. The van der Waals surface area contributed by atoms with Crippen LogP contribution in [0, 0.1) is 0 Å². The second-order valence-corrected chi connectivity index (χ2v) is 6.69. The quantitative estimate of drug-likeness (QED) is 0.470. The van der Waals surface area contributed by atoms with E-state index < -0.39 is 10.0 Å². The highest BCUT2D eigenvalue weighted by molar-refractivity contribution is 7.99. The molecule has 0 atom stereocenters. The van der Waals surface area contributed by atoms with E-state index in [1.165, 1.54) is 23.9 Å². The van der Waals surface area contributed by atoms with Gasteiger partial charge >= 0.3 is 0 Å². The summed E-state index contributed by atoms with van der Waals surface area (Å²) in [5, 5.41) is 5.05. The largest absolute Gasteiger partial charge is 0.608 e. The lowest BCUT2D eigenvalue weighted by Crippen LogP contribution is -2.33. The van der Waals surface area contributed by atoms with Crippen molar-refractivity contribution in [1.82, 2.24) is 11.1 Å². The molecule has 2 aromatic carbocycles. The first-order valence-corrected chi connectivity index (χ1v) is 8.17. The zero-order valence-electron chi connectivity index (χ0n) is 10.9. The van der Waals surface area contributed by atoms with Crippen molar-refractivity contribution < 1.29 is 8.42 Å². The van der Waals surface area contributed by atoms with Crippen LogP contribution in [-0.2, 0) is 10.0 Å². The van der Waals surface area contributed by atoms with Gasteiger partial charge in [-0.3, -0.25) is 5.84 Å². The van der Waals surface area contributed by atoms with E-state index in [-0.39, 0.29) is 4.90 Å². The normalized spacial score (nSPS) is 11.3. The van der Waals surface area contributed by atoms with Crippen molar-refractivity contribution in [2.75, 3.05) is 0 Å². The molecule has 2 aromatic rings. The smallest absolute Gasteiger partial charge is 0.238 e. The molecule has 0 spiro atoms. The number of nitrogens with one attached hydrogen (secondary N) is 2. The molecular formula is C12H14N5O2S2-. The van der Waals surface area contributed by atoms with Crippen LogP contribution in [0.1, 0.15) is 0 Å². The van der Waals surface area contributed by atoms with E-state index in [4.69, 9.17) is 11.0 Å². The summed E-state index contributed by atoms with van der Waals surface area (Å²) in [7, 11) is -3.65. The molecule has 6 N–H and O–H groups in total. The second-order valence-electron chi connectivity index (χ2n) is 3.98. The summed E-state index contributed by atoms with van der Waals surface area (Å²) >= 11 is 1.50. The molecule has 2 rings (SSSR count). The van der Waals surface area contributed by atoms with E-state index in [0.717, 1.165) is 15.5 Å². The van der Waals surface area contributed by atoms with Gasteiger partial charge in [0.15, 0.2) is 0 Å². The minimum absolute atomic E-state index is 0.0985. The first-order valence-electron chi connectivity index (χ1n) is 5.81. The summed E-state index contributed by atoms with van der Waals surface area (Å²) in [6.45, 7) is 0. The highest BCUT2D eigenvalue weighted by atomic mass is 32.2. The van der Waals surface area contributed by atoms with Crippen LogP contribution >= 0.6 is 11.8 Å². The molecule has 0 aliphatic carbocycles. The minimum atomic E-state index is -3.65. The predicted octanol–water partition coefficient (Wildman–Crippen LogP) is 1.37. The average Bonchev–Trinajstić information content (AvgIpc) is 2.46. The maximum atomic E-state index is 11.2. The van der Waals surface area contributed by atoms with Crippen LogP contribution in [0.4, 0.5) is 5.69 Å². The first-order chi connectivity index (χ1) is 9.99. The van der Waals surface area contributed by atoms with E-state index in [9.17, 15) is 8.42 Å². The number of sulfonamides is 1. The van der Waals surface area contributed by atoms with Gasteiger partial charge in [-0.05, 0) is 36.4 Å². The summed E-state index contributed by atoms with van der Waals surface area (Å²) in [5.41, 5.74) is 9.30. The molecule has 0 saturated heterocycles. The topological polar surface area (TPSA) is 124 Å². The fourth-order valence-corrected chi connectivity index (χ4v) is 2.85. The summed E-state index contributed by atoms with van der Waals surface area (Å²) < 4.78 is 22.3. The van der Waals surface area contributed by atoms with Crippen molar-refractivity contribution in [3.05, 3.63) is 54.0 Å². The van der Waals surface area contributed by atoms with Gasteiger partial charge in [0.1, 0.15) is 0 Å². The molecule has 0 heterocycles. The van der Waals surface area contributed by atoms with Crippen LogP contribution < -0.4 is 22.1 Å². The molecule has 0 aliphatic heterocycles. The lowest BCUT2D eigenvalue weighted by molar-refractivity contribution is 0.597. The van der Waals surface area contributed by atoms with Gasteiger partial charge in [0.25, 0.3) is 0 Å². The zero-order valence-corrected chi connectivity index (χ0v) is 12.5. The zero-order chi connectivity index (χ0) is 15.3. The van der Waals surface area contributed by atoms with Gasteiger partial charge in [0.2, 0.25) is 10.0 Å². The van der Waals surface area contributed by atoms with Gasteiger partial charge in [-0.1, -0.05) is 23.9 Å². The maximum absolute atomic E-state index is 11.2. The third kappa shape index (κ3) is 4.70. The molecule has 0 aliphatic rings. The van der Waals surface area contributed by atoms with E-state index in [2.05, 4.69) is 16.5 Å². The van der Waals surface area contributed by atoms with Crippen molar-refractivity contribution in [1.29, 1.82) is 0 Å². The van der Waals surface area contributed by atoms with Crippen molar-refractivity contribution in [3.63, 3.8) is 0 Å². The fraction of sp³-hybridized carbons (Fsp3) is 0.